The van der Waals surface area contributed by atoms with Crippen LogP contribution in [-0.2, 0) is 29.0 Å². The zero-order chi connectivity index (χ0) is 39.2. The highest BCUT2D eigenvalue weighted by molar-refractivity contribution is 7.93. The van der Waals surface area contributed by atoms with Gasteiger partial charge in [0.05, 0.1) is 42.1 Å². The third-order valence-electron chi connectivity index (χ3n) is 7.91. The van der Waals surface area contributed by atoms with Crippen molar-refractivity contribution in [3.8, 4) is 23.1 Å². The summed E-state index contributed by atoms with van der Waals surface area (Å²) < 4.78 is 41.6. The van der Waals surface area contributed by atoms with Gasteiger partial charge in [-0.25, -0.2) is 28.6 Å². The topological polar surface area (TPSA) is 186 Å². The number of morpholine rings is 1. The molecule has 0 atom stereocenters. The summed E-state index contributed by atoms with van der Waals surface area (Å²) in [6, 6.07) is 14.8. The summed E-state index contributed by atoms with van der Waals surface area (Å²) in [5, 5.41) is 0.574. The number of carbonyl (C=O) groups is 4. The van der Waals surface area contributed by atoms with Crippen LogP contribution in [0.25, 0.3) is 22.2 Å². The molecule has 4 aromatic rings. The van der Waals surface area contributed by atoms with Crippen LogP contribution in [0.3, 0.4) is 0 Å². The Morgan fingerprint density at radius 1 is 1.00 bits per heavy atom. The molecule has 1 saturated heterocycles. The van der Waals surface area contributed by atoms with Crippen LogP contribution in [0.1, 0.15) is 52.6 Å². The van der Waals surface area contributed by atoms with Crippen LogP contribution in [0.15, 0.2) is 60.8 Å². The molecular formula is C37H37ClN6O9S. The molecule has 1 aliphatic heterocycles. The molecule has 17 heteroatoms. The lowest BCUT2D eigenvalue weighted by molar-refractivity contribution is -0.137. The number of rotatable bonds is 7. The molecule has 2 aromatic heterocycles. The molecule has 282 valence electrons. The zero-order valence-electron chi connectivity index (χ0n) is 30.1. The van der Waals surface area contributed by atoms with Gasteiger partial charge in [0, 0.05) is 60.0 Å². The average Bonchev–Trinajstić information content (AvgIpc) is 3.14. The smallest absolute Gasteiger partial charge is 0.426 e. The molecule has 54 heavy (non-hydrogen) atoms. The van der Waals surface area contributed by atoms with Gasteiger partial charge in [-0.05, 0) is 57.2 Å². The van der Waals surface area contributed by atoms with E-state index in [1.165, 1.54) is 25.4 Å². The Balaban J connectivity index is 1.44. The predicted molar refractivity (Wildman–Crippen MR) is 200 cm³/mol. The van der Waals surface area contributed by atoms with Crippen LogP contribution in [0.4, 0.5) is 10.6 Å². The number of nitrogens with one attached hydrogen (secondary N) is 2. The van der Waals surface area contributed by atoms with Gasteiger partial charge in [-0.1, -0.05) is 35.6 Å². The van der Waals surface area contributed by atoms with Gasteiger partial charge in [0.2, 0.25) is 10.0 Å². The van der Waals surface area contributed by atoms with Gasteiger partial charge in [0.1, 0.15) is 11.4 Å². The number of nitrogens with zero attached hydrogens (tertiary/aromatic N) is 4. The number of methoxy groups -OCH3 is 1. The van der Waals surface area contributed by atoms with Gasteiger partial charge < -0.3 is 19.1 Å². The summed E-state index contributed by atoms with van der Waals surface area (Å²) in [5.74, 6) is 3.30. The van der Waals surface area contributed by atoms with Crippen molar-refractivity contribution < 1.29 is 41.8 Å². The SMILES string of the molecule is COC(=O)CS(=O)(=O)N(C)c1cc2nc(-c3ccc(C#Cc4ccc(C(=O)N5CCOCC5)cc4Cl)cc3)cc(C(=O)NNC(=O)OC(C)(C)C)c2cn1. The van der Waals surface area contributed by atoms with Crippen molar-refractivity contribution in [3.05, 3.63) is 88.1 Å². The maximum atomic E-state index is 13.4. The second-order valence-electron chi connectivity index (χ2n) is 12.9. The molecule has 0 spiro atoms. The molecule has 2 aromatic carbocycles. The van der Waals surface area contributed by atoms with Crippen LogP contribution in [0, 0.1) is 11.8 Å². The lowest BCUT2D eigenvalue weighted by Gasteiger charge is -2.26. The minimum Gasteiger partial charge on any atom is -0.468 e. The average molecular weight is 777 g/mol. The summed E-state index contributed by atoms with van der Waals surface area (Å²) in [5.41, 5.74) is 6.50. The number of pyridine rings is 2. The first-order valence-electron chi connectivity index (χ1n) is 16.5. The fraction of sp³-hybridized carbons (Fsp3) is 0.297. The van der Waals surface area contributed by atoms with Crippen molar-refractivity contribution in [2.75, 3.05) is 50.5 Å². The number of halogens is 1. The predicted octanol–water partition coefficient (Wildman–Crippen LogP) is 3.93. The van der Waals surface area contributed by atoms with E-state index in [-0.39, 0.29) is 28.2 Å². The van der Waals surface area contributed by atoms with Crippen LogP contribution < -0.4 is 15.2 Å². The van der Waals surface area contributed by atoms with Crippen molar-refractivity contribution in [3.63, 3.8) is 0 Å². The van der Waals surface area contributed by atoms with E-state index in [1.54, 1.807) is 68.1 Å². The number of hydrazine groups is 1. The molecule has 0 bridgehead atoms. The zero-order valence-corrected chi connectivity index (χ0v) is 31.6. The molecule has 15 nitrogen and oxygen atoms in total. The second-order valence-corrected chi connectivity index (χ2v) is 15.3. The van der Waals surface area contributed by atoms with Crippen LogP contribution >= 0.6 is 11.6 Å². The number of esters is 1. The van der Waals surface area contributed by atoms with Crippen molar-refractivity contribution in [1.29, 1.82) is 0 Å². The third kappa shape index (κ3) is 9.81. The standard InChI is InChI=1S/C37H37ClN6O9S/c1-37(2,3)53-36(48)42-41-34(46)27-19-30(40-31-20-32(39-21-28(27)31)43(4)54(49,50)22-33(45)51-5)25-10-7-23(8-11-25)6-9-24-12-13-26(18-29(24)38)35(47)44-14-16-52-17-15-44/h7-8,10-13,18-21H,14-17,22H2,1-5H3,(H,41,46)(H,42,48). The molecule has 1 aliphatic rings. The summed E-state index contributed by atoms with van der Waals surface area (Å²) in [6.07, 6.45) is 0.380. The summed E-state index contributed by atoms with van der Waals surface area (Å²) >= 11 is 6.49. The van der Waals surface area contributed by atoms with E-state index in [2.05, 4.69) is 37.4 Å². The van der Waals surface area contributed by atoms with E-state index in [0.29, 0.717) is 59.3 Å². The Hall–Kier alpha value is -5.76. The first-order chi connectivity index (χ1) is 25.5. The van der Waals surface area contributed by atoms with Gasteiger partial charge >= 0.3 is 12.1 Å². The number of carbonyl (C=O) groups excluding carboxylic acids is 4. The van der Waals surface area contributed by atoms with E-state index in [4.69, 9.17) is 21.1 Å². The maximum absolute atomic E-state index is 13.4. The number of benzene rings is 2. The molecule has 5 rings (SSSR count). The Morgan fingerprint density at radius 3 is 2.35 bits per heavy atom. The van der Waals surface area contributed by atoms with Gasteiger partial charge in [-0.2, -0.15) is 0 Å². The molecule has 3 heterocycles. The molecule has 0 radical (unpaired) electrons. The number of ether oxygens (including phenoxy) is 3. The maximum Gasteiger partial charge on any atom is 0.426 e. The number of aromatic nitrogens is 2. The van der Waals surface area contributed by atoms with Gasteiger partial charge in [-0.3, -0.25) is 24.1 Å². The van der Waals surface area contributed by atoms with Crippen LogP contribution in [-0.4, -0.2) is 99.0 Å². The normalized spacial score (nSPS) is 13.0. The lowest BCUT2D eigenvalue weighted by Crippen LogP contribution is -2.44. The fourth-order valence-corrected chi connectivity index (χ4v) is 6.33. The first-order valence-corrected chi connectivity index (χ1v) is 18.5. The number of sulfonamides is 1. The Labute approximate surface area is 317 Å². The summed E-state index contributed by atoms with van der Waals surface area (Å²) in [4.78, 5) is 60.9. The van der Waals surface area contributed by atoms with E-state index in [1.807, 2.05) is 0 Å². The highest BCUT2D eigenvalue weighted by Crippen LogP contribution is 2.28. The summed E-state index contributed by atoms with van der Waals surface area (Å²) in [7, 11) is -1.87. The number of amides is 3. The highest BCUT2D eigenvalue weighted by atomic mass is 35.5. The Morgan fingerprint density at radius 2 is 1.70 bits per heavy atom. The minimum absolute atomic E-state index is 0.0549. The quantitative estimate of drug-likeness (QED) is 0.157. The minimum atomic E-state index is -4.17. The second kappa shape index (κ2) is 16.5. The van der Waals surface area contributed by atoms with E-state index < -0.39 is 39.3 Å². The first kappa shape index (κ1) is 39.4. The third-order valence-corrected chi connectivity index (χ3v) is 9.84. The van der Waals surface area contributed by atoms with Crippen LogP contribution in [0.2, 0.25) is 5.02 Å². The molecule has 0 saturated carbocycles. The van der Waals surface area contributed by atoms with Crippen molar-refractivity contribution in [2.45, 2.75) is 26.4 Å². The molecule has 3 amide bonds. The van der Waals surface area contributed by atoms with Crippen molar-refractivity contribution >= 4 is 62.2 Å². The monoisotopic (exact) mass is 776 g/mol. The number of hydrogen-bond donors (Lipinski definition) is 2. The molecule has 2 N–H and O–H groups in total. The van der Waals surface area contributed by atoms with E-state index in [0.717, 1.165) is 11.4 Å². The van der Waals surface area contributed by atoms with Crippen molar-refractivity contribution in [2.24, 2.45) is 0 Å². The Bertz CT molecular complexity index is 2280. The van der Waals surface area contributed by atoms with E-state index >= 15 is 0 Å². The highest BCUT2D eigenvalue weighted by Gasteiger charge is 2.26. The van der Waals surface area contributed by atoms with Gasteiger partial charge in [0.25, 0.3) is 11.8 Å². The number of hydrogen-bond acceptors (Lipinski definition) is 11. The van der Waals surface area contributed by atoms with Crippen molar-refractivity contribution in [1.82, 2.24) is 25.7 Å². The van der Waals surface area contributed by atoms with E-state index in [9.17, 15) is 27.6 Å². The Kier molecular flexibility index (Phi) is 12.1. The fourth-order valence-electron chi connectivity index (χ4n) is 5.11. The number of anilines is 1. The molecule has 0 unspecified atom stereocenters. The summed E-state index contributed by atoms with van der Waals surface area (Å²) in [6.45, 7) is 7.02. The molecule has 0 aliphatic carbocycles. The molecule has 1 fully saturated rings. The van der Waals surface area contributed by atoms with Gasteiger partial charge in [0.15, 0.2) is 5.75 Å². The van der Waals surface area contributed by atoms with Gasteiger partial charge in [-0.15, -0.1) is 0 Å². The molecular weight excluding hydrogens is 740 g/mol. The largest absolute Gasteiger partial charge is 0.468 e. The lowest BCUT2D eigenvalue weighted by atomic mass is 10.0. The van der Waals surface area contributed by atoms with Crippen LogP contribution in [0.5, 0.6) is 0 Å². The number of fused-ring (bicyclic) bond motifs is 1.